The summed E-state index contributed by atoms with van der Waals surface area (Å²) in [4.78, 5) is 14.9. The summed E-state index contributed by atoms with van der Waals surface area (Å²) in [5, 5.41) is 2.90. The third-order valence-electron chi connectivity index (χ3n) is 6.20. The van der Waals surface area contributed by atoms with Crippen LogP contribution in [0.2, 0.25) is 0 Å². The second-order valence-corrected chi connectivity index (χ2v) is 8.71. The molecule has 0 spiro atoms. The van der Waals surface area contributed by atoms with E-state index in [1.165, 1.54) is 0 Å². The molecule has 3 aromatic rings. The Bertz CT molecular complexity index is 1110. The molecule has 36 heavy (non-hydrogen) atoms. The Labute approximate surface area is 212 Å². The average Bonchev–Trinajstić information content (AvgIpc) is 3.40. The summed E-state index contributed by atoms with van der Waals surface area (Å²) in [6.07, 6.45) is 2.13. The van der Waals surface area contributed by atoms with Crippen molar-refractivity contribution in [1.29, 1.82) is 0 Å². The van der Waals surface area contributed by atoms with Gasteiger partial charge in [-0.15, -0.1) is 0 Å². The van der Waals surface area contributed by atoms with Gasteiger partial charge >= 0.3 is 0 Å². The summed E-state index contributed by atoms with van der Waals surface area (Å²) in [6.45, 7) is 3.69. The van der Waals surface area contributed by atoms with Gasteiger partial charge < -0.3 is 28.7 Å². The number of carbonyl (C=O) groups is 1. The molecule has 1 aliphatic heterocycles. The maximum Gasteiger partial charge on any atom is 0.287 e. The van der Waals surface area contributed by atoms with Gasteiger partial charge in [0, 0.05) is 32.3 Å². The Morgan fingerprint density at radius 2 is 1.83 bits per heavy atom. The molecule has 8 nitrogen and oxygen atoms in total. The van der Waals surface area contributed by atoms with Gasteiger partial charge in [0.15, 0.2) is 17.3 Å². The second kappa shape index (κ2) is 13.0. The molecule has 0 atom stereocenters. The lowest BCUT2D eigenvalue weighted by Crippen LogP contribution is -2.38. The third-order valence-corrected chi connectivity index (χ3v) is 6.20. The second-order valence-electron chi connectivity index (χ2n) is 8.71. The maximum atomic E-state index is 12.6. The molecule has 0 saturated carbocycles. The van der Waals surface area contributed by atoms with Gasteiger partial charge in [-0.2, -0.15) is 0 Å². The van der Waals surface area contributed by atoms with Crippen LogP contribution in [0.25, 0.3) is 0 Å². The molecule has 2 heterocycles. The van der Waals surface area contributed by atoms with Crippen LogP contribution in [-0.2, 0) is 17.9 Å². The molecule has 0 bridgehead atoms. The first-order chi connectivity index (χ1) is 17.6. The topological polar surface area (TPSA) is 82.4 Å². The van der Waals surface area contributed by atoms with E-state index in [2.05, 4.69) is 17.3 Å². The largest absolute Gasteiger partial charge is 0.493 e. The minimum Gasteiger partial charge on any atom is -0.493 e. The van der Waals surface area contributed by atoms with Crippen molar-refractivity contribution in [2.75, 3.05) is 40.5 Å². The van der Waals surface area contributed by atoms with Crippen LogP contribution >= 0.6 is 0 Å². The molecule has 4 rings (SSSR count). The van der Waals surface area contributed by atoms with Gasteiger partial charge in [-0.25, -0.2) is 0 Å². The quantitative estimate of drug-likeness (QED) is 0.402. The molecule has 1 amide bonds. The summed E-state index contributed by atoms with van der Waals surface area (Å²) in [5.74, 6) is 2.53. The van der Waals surface area contributed by atoms with Crippen molar-refractivity contribution in [3.05, 3.63) is 77.7 Å². The number of para-hydroxylation sites is 2. The number of likely N-dealkylation sites (N-methyl/N-ethyl adjacent to an activating group) is 1. The lowest BCUT2D eigenvalue weighted by molar-refractivity contribution is 0.0392. The van der Waals surface area contributed by atoms with E-state index in [1.54, 1.807) is 19.2 Å². The van der Waals surface area contributed by atoms with E-state index in [0.29, 0.717) is 36.5 Å². The van der Waals surface area contributed by atoms with Crippen LogP contribution in [0.15, 0.2) is 65.1 Å². The zero-order chi connectivity index (χ0) is 25.2. The Kier molecular flexibility index (Phi) is 9.24. The number of ether oxygens (including phenoxy) is 4. The van der Waals surface area contributed by atoms with Crippen LogP contribution in [0.4, 0.5) is 0 Å². The standard InChI is InChI=1S/C28H34N2O6/c1-30(22-12-15-33-16-13-22)14-17-34-23-7-5-6-21(18-23)19-29-28(31)27-11-10-24(36-27)20-35-26-9-4-3-8-25(26)32-2/h3-11,18,22H,12-17,19-20H2,1-2H3,(H,29,31). The number of benzene rings is 2. The Balaban J connectivity index is 1.21. The van der Waals surface area contributed by atoms with E-state index in [9.17, 15) is 4.79 Å². The zero-order valence-corrected chi connectivity index (χ0v) is 20.9. The highest BCUT2D eigenvalue weighted by Crippen LogP contribution is 2.27. The molecule has 0 aliphatic carbocycles. The van der Waals surface area contributed by atoms with Crippen LogP contribution in [0.1, 0.15) is 34.7 Å². The molecule has 1 fully saturated rings. The van der Waals surface area contributed by atoms with Crippen LogP contribution in [0.3, 0.4) is 0 Å². The normalized spacial score (nSPS) is 14.0. The van der Waals surface area contributed by atoms with E-state index >= 15 is 0 Å². The van der Waals surface area contributed by atoms with Crippen LogP contribution in [0, 0.1) is 0 Å². The number of hydrogen-bond donors (Lipinski definition) is 1. The summed E-state index contributed by atoms with van der Waals surface area (Å²) in [7, 11) is 3.72. The maximum absolute atomic E-state index is 12.6. The summed E-state index contributed by atoms with van der Waals surface area (Å²) < 4.78 is 28.1. The van der Waals surface area contributed by atoms with E-state index in [4.69, 9.17) is 23.4 Å². The summed E-state index contributed by atoms with van der Waals surface area (Å²) in [6, 6.07) is 19.1. The van der Waals surface area contributed by atoms with Crippen molar-refractivity contribution in [1.82, 2.24) is 10.2 Å². The highest BCUT2D eigenvalue weighted by Gasteiger charge is 2.18. The van der Waals surface area contributed by atoms with Crippen LogP contribution in [-0.4, -0.2) is 57.4 Å². The summed E-state index contributed by atoms with van der Waals surface area (Å²) in [5.41, 5.74) is 0.949. The highest BCUT2D eigenvalue weighted by molar-refractivity contribution is 5.91. The SMILES string of the molecule is COc1ccccc1OCc1ccc(C(=O)NCc2cccc(OCCN(C)C3CCOCC3)c2)o1. The predicted octanol–water partition coefficient (Wildman–Crippen LogP) is 4.29. The van der Waals surface area contributed by atoms with Gasteiger partial charge in [-0.05, 0) is 61.9 Å². The van der Waals surface area contributed by atoms with E-state index < -0.39 is 0 Å². The van der Waals surface area contributed by atoms with Crippen molar-refractivity contribution < 1.29 is 28.2 Å². The molecule has 1 saturated heterocycles. The number of nitrogens with zero attached hydrogens (tertiary/aromatic N) is 1. The van der Waals surface area contributed by atoms with E-state index in [1.807, 2.05) is 48.5 Å². The first-order valence-corrected chi connectivity index (χ1v) is 12.2. The van der Waals surface area contributed by atoms with E-state index in [-0.39, 0.29) is 18.3 Å². The van der Waals surface area contributed by atoms with Crippen molar-refractivity contribution in [2.24, 2.45) is 0 Å². The first-order valence-electron chi connectivity index (χ1n) is 12.2. The monoisotopic (exact) mass is 494 g/mol. The molecule has 1 aromatic heterocycles. The minimum atomic E-state index is -0.289. The van der Waals surface area contributed by atoms with Crippen LogP contribution in [0.5, 0.6) is 17.2 Å². The Morgan fingerprint density at radius 3 is 2.64 bits per heavy atom. The number of methoxy groups -OCH3 is 1. The van der Waals surface area contributed by atoms with E-state index in [0.717, 1.165) is 43.9 Å². The number of carbonyl (C=O) groups excluding carboxylic acids is 1. The van der Waals surface area contributed by atoms with Crippen molar-refractivity contribution >= 4 is 5.91 Å². The van der Waals surface area contributed by atoms with Gasteiger partial charge in [-0.3, -0.25) is 9.69 Å². The molecular formula is C28H34N2O6. The fraction of sp³-hybridized carbons (Fsp3) is 0.393. The molecule has 0 radical (unpaired) electrons. The Hall–Kier alpha value is -3.49. The fourth-order valence-electron chi connectivity index (χ4n) is 4.10. The lowest BCUT2D eigenvalue weighted by Gasteiger charge is -2.31. The number of rotatable bonds is 12. The molecule has 2 aromatic carbocycles. The minimum absolute atomic E-state index is 0.191. The third kappa shape index (κ3) is 7.26. The van der Waals surface area contributed by atoms with Crippen molar-refractivity contribution in [2.45, 2.75) is 32.0 Å². The molecule has 8 heteroatoms. The fourth-order valence-corrected chi connectivity index (χ4v) is 4.10. The molecule has 192 valence electrons. The summed E-state index contributed by atoms with van der Waals surface area (Å²) >= 11 is 0. The predicted molar refractivity (Wildman–Crippen MR) is 136 cm³/mol. The number of hydrogen-bond acceptors (Lipinski definition) is 7. The van der Waals surface area contributed by atoms with Crippen molar-refractivity contribution in [3.8, 4) is 17.2 Å². The van der Waals surface area contributed by atoms with Crippen LogP contribution < -0.4 is 19.5 Å². The van der Waals surface area contributed by atoms with Crippen molar-refractivity contribution in [3.63, 3.8) is 0 Å². The first kappa shape index (κ1) is 25.6. The molecule has 0 unspecified atom stereocenters. The van der Waals surface area contributed by atoms with Gasteiger partial charge in [0.2, 0.25) is 0 Å². The molecule has 1 N–H and O–H groups in total. The number of furan rings is 1. The van der Waals surface area contributed by atoms with Gasteiger partial charge in [0.25, 0.3) is 5.91 Å². The average molecular weight is 495 g/mol. The number of amides is 1. The smallest absolute Gasteiger partial charge is 0.287 e. The molecule has 1 aliphatic rings. The van der Waals surface area contributed by atoms with Gasteiger partial charge in [0.1, 0.15) is 24.7 Å². The molecular weight excluding hydrogens is 460 g/mol. The number of nitrogens with one attached hydrogen (secondary N) is 1. The highest BCUT2D eigenvalue weighted by atomic mass is 16.5. The van der Waals surface area contributed by atoms with Gasteiger partial charge in [-0.1, -0.05) is 24.3 Å². The lowest BCUT2D eigenvalue weighted by atomic mass is 10.1. The Morgan fingerprint density at radius 1 is 1.03 bits per heavy atom. The zero-order valence-electron chi connectivity index (χ0n) is 20.9. The van der Waals surface area contributed by atoms with Gasteiger partial charge in [0.05, 0.1) is 7.11 Å².